The fraction of sp³-hybridized carbons (Fsp3) is 0.345. The Balaban J connectivity index is 1.65. The van der Waals surface area contributed by atoms with Crippen LogP contribution in [0.2, 0.25) is 0 Å². The molecule has 2 nitrogen and oxygen atoms in total. The van der Waals surface area contributed by atoms with Crippen LogP contribution in [0.1, 0.15) is 49.3 Å². The lowest BCUT2D eigenvalue weighted by atomic mass is 9.87. The minimum atomic E-state index is 0.831. The summed E-state index contributed by atoms with van der Waals surface area (Å²) in [6.07, 6.45) is 9.87. The molecule has 0 radical (unpaired) electrons. The van der Waals surface area contributed by atoms with Crippen molar-refractivity contribution < 1.29 is 9.30 Å². The molecule has 156 valence electrons. The van der Waals surface area contributed by atoms with Crippen LogP contribution in [0.3, 0.4) is 0 Å². The number of ether oxygens (including phenoxy) is 1. The summed E-state index contributed by atoms with van der Waals surface area (Å²) in [4.78, 5) is 0. The smallest absolute Gasteiger partial charge is 0.228 e. The number of nitrogens with zero attached hydrogens (tertiary/aromatic N) is 1. The number of fused-ring (bicyclic) bond motifs is 3. The van der Waals surface area contributed by atoms with E-state index < -0.39 is 0 Å². The average molecular weight is 409 g/mol. The zero-order valence-electron chi connectivity index (χ0n) is 18.8. The van der Waals surface area contributed by atoms with E-state index in [0.29, 0.717) is 0 Å². The van der Waals surface area contributed by atoms with Crippen molar-refractivity contribution in [3.05, 3.63) is 65.4 Å². The topological polar surface area (TPSA) is 13.1 Å². The van der Waals surface area contributed by atoms with Crippen molar-refractivity contribution in [2.24, 2.45) is 13.0 Å². The Kier molecular flexibility index (Phi) is 4.31. The molecule has 1 aliphatic heterocycles. The maximum atomic E-state index is 6.81. The zero-order valence-corrected chi connectivity index (χ0v) is 18.8. The first kappa shape index (κ1) is 18.9. The summed E-state index contributed by atoms with van der Waals surface area (Å²) in [5, 5.41) is 5.21. The molecule has 2 heteroatoms. The van der Waals surface area contributed by atoms with Crippen LogP contribution in [-0.4, -0.2) is 0 Å². The fourth-order valence-corrected chi connectivity index (χ4v) is 6.08. The number of benzene rings is 3. The van der Waals surface area contributed by atoms with Crippen molar-refractivity contribution in [2.75, 3.05) is 0 Å². The van der Waals surface area contributed by atoms with Gasteiger partial charge in [0, 0.05) is 11.6 Å². The molecule has 0 amide bonds. The monoisotopic (exact) mass is 408 g/mol. The molecule has 4 aromatic rings. The van der Waals surface area contributed by atoms with Crippen LogP contribution in [0.5, 0.6) is 11.5 Å². The Hall–Kier alpha value is -2.87. The second-order valence-electron chi connectivity index (χ2n) is 9.50. The Bertz CT molecular complexity index is 1340. The second-order valence-corrected chi connectivity index (χ2v) is 9.50. The first-order chi connectivity index (χ1) is 15.2. The molecule has 0 spiro atoms. The minimum Gasteiger partial charge on any atom is -0.455 e. The van der Waals surface area contributed by atoms with Gasteiger partial charge in [0.1, 0.15) is 18.5 Å². The van der Waals surface area contributed by atoms with Gasteiger partial charge in [0.25, 0.3) is 0 Å². The molecule has 0 unspecified atom stereocenters. The first-order valence-corrected chi connectivity index (χ1v) is 11.8. The maximum Gasteiger partial charge on any atom is 0.228 e. The summed E-state index contributed by atoms with van der Waals surface area (Å²) >= 11 is 0. The van der Waals surface area contributed by atoms with Crippen LogP contribution in [0, 0.1) is 12.8 Å². The Morgan fingerprint density at radius 2 is 1.81 bits per heavy atom. The third-order valence-corrected chi connectivity index (χ3v) is 7.59. The van der Waals surface area contributed by atoms with Crippen molar-refractivity contribution in [3.8, 4) is 22.8 Å². The molecule has 0 bridgehead atoms. The highest BCUT2D eigenvalue weighted by Gasteiger charge is 2.32. The van der Waals surface area contributed by atoms with Crippen LogP contribution in [0.25, 0.3) is 32.8 Å². The van der Waals surface area contributed by atoms with Gasteiger partial charge in [-0.05, 0) is 59.0 Å². The van der Waals surface area contributed by atoms with Crippen molar-refractivity contribution in [2.45, 2.75) is 52.4 Å². The standard InChI is InChI=1S/C29H30NO/c1-4-22-24-12-8-7-11-23(24)18(2)26-28-27-21(13-14-30(28)3)16-20(15-19-9-5-6-10-19)17-25(27)31-29(22)26/h7-8,11-14,16-17,19H,4-6,9-10,15H2,1-3H3/q+1. The van der Waals surface area contributed by atoms with Gasteiger partial charge in [-0.25, -0.2) is 4.57 Å². The van der Waals surface area contributed by atoms with Crippen LogP contribution in [-0.2, 0) is 19.9 Å². The van der Waals surface area contributed by atoms with E-state index in [0.717, 1.165) is 23.8 Å². The van der Waals surface area contributed by atoms with E-state index in [1.54, 1.807) is 0 Å². The second kappa shape index (κ2) is 7.09. The third-order valence-electron chi connectivity index (χ3n) is 7.59. The molecule has 2 aliphatic rings. The molecule has 6 rings (SSSR count). The number of hydrogen-bond donors (Lipinski definition) is 0. The number of aromatic nitrogens is 1. The fourth-order valence-electron chi connectivity index (χ4n) is 6.08. The largest absolute Gasteiger partial charge is 0.455 e. The van der Waals surface area contributed by atoms with E-state index in [9.17, 15) is 0 Å². The maximum absolute atomic E-state index is 6.81. The van der Waals surface area contributed by atoms with Crippen molar-refractivity contribution in [1.82, 2.24) is 0 Å². The van der Waals surface area contributed by atoms with Gasteiger partial charge in [-0.2, -0.15) is 0 Å². The summed E-state index contributed by atoms with van der Waals surface area (Å²) in [5.41, 5.74) is 6.61. The summed E-state index contributed by atoms with van der Waals surface area (Å²) in [7, 11) is 2.17. The lowest BCUT2D eigenvalue weighted by Crippen LogP contribution is -2.32. The van der Waals surface area contributed by atoms with Crippen molar-refractivity contribution in [3.63, 3.8) is 0 Å². The van der Waals surface area contributed by atoms with E-state index in [4.69, 9.17) is 4.74 Å². The van der Waals surface area contributed by atoms with E-state index in [1.807, 2.05) is 0 Å². The molecule has 1 aliphatic carbocycles. The van der Waals surface area contributed by atoms with Gasteiger partial charge in [0.15, 0.2) is 6.20 Å². The Morgan fingerprint density at radius 1 is 1.03 bits per heavy atom. The van der Waals surface area contributed by atoms with Gasteiger partial charge >= 0.3 is 0 Å². The summed E-state index contributed by atoms with van der Waals surface area (Å²) in [5.74, 6) is 2.93. The summed E-state index contributed by atoms with van der Waals surface area (Å²) in [6.45, 7) is 4.50. The molecule has 1 aromatic heterocycles. The normalized spacial score (nSPS) is 15.5. The molecule has 31 heavy (non-hydrogen) atoms. The van der Waals surface area contributed by atoms with Crippen LogP contribution in [0.4, 0.5) is 0 Å². The number of hydrogen-bond acceptors (Lipinski definition) is 1. The van der Waals surface area contributed by atoms with E-state index in [1.165, 1.54) is 81.6 Å². The van der Waals surface area contributed by atoms with Gasteiger partial charge in [-0.15, -0.1) is 0 Å². The predicted octanol–water partition coefficient (Wildman–Crippen LogP) is 7.19. The van der Waals surface area contributed by atoms with Crippen LogP contribution >= 0.6 is 0 Å². The SMILES string of the molecule is CCc1c2c(c(C)c3ccccc13)-c1c3c(cc(CC4CCCC4)cc3cc[n+]1C)O2. The predicted molar refractivity (Wildman–Crippen MR) is 128 cm³/mol. The molecule has 0 N–H and O–H groups in total. The molecule has 1 fully saturated rings. The van der Waals surface area contributed by atoms with Gasteiger partial charge < -0.3 is 4.74 Å². The lowest BCUT2D eigenvalue weighted by Gasteiger charge is -2.25. The zero-order chi connectivity index (χ0) is 21.1. The van der Waals surface area contributed by atoms with E-state index in [2.05, 4.69) is 74.1 Å². The average Bonchev–Trinajstić information content (AvgIpc) is 3.29. The van der Waals surface area contributed by atoms with Crippen molar-refractivity contribution >= 4 is 21.5 Å². The number of pyridine rings is 1. The highest BCUT2D eigenvalue weighted by atomic mass is 16.5. The molecular weight excluding hydrogens is 378 g/mol. The van der Waals surface area contributed by atoms with Crippen LogP contribution in [0.15, 0.2) is 48.7 Å². The lowest BCUT2D eigenvalue weighted by molar-refractivity contribution is -0.659. The summed E-state index contributed by atoms with van der Waals surface area (Å²) in [6, 6.07) is 15.8. The Morgan fingerprint density at radius 3 is 2.58 bits per heavy atom. The molecule has 0 saturated heterocycles. The van der Waals surface area contributed by atoms with Gasteiger partial charge in [0.05, 0.1) is 10.9 Å². The molecule has 0 atom stereocenters. The molecular formula is C29H30NO+. The highest BCUT2D eigenvalue weighted by Crippen LogP contribution is 2.51. The molecule has 1 saturated carbocycles. The molecule has 3 aromatic carbocycles. The molecule has 2 heterocycles. The van der Waals surface area contributed by atoms with E-state index >= 15 is 0 Å². The van der Waals surface area contributed by atoms with Gasteiger partial charge in [-0.1, -0.05) is 62.9 Å². The number of rotatable bonds is 3. The minimum absolute atomic E-state index is 0.831. The van der Waals surface area contributed by atoms with E-state index in [-0.39, 0.29) is 0 Å². The van der Waals surface area contributed by atoms with Gasteiger partial charge in [0.2, 0.25) is 5.69 Å². The quantitative estimate of drug-likeness (QED) is 0.288. The Labute approximate surface area is 184 Å². The van der Waals surface area contributed by atoms with Crippen molar-refractivity contribution in [1.29, 1.82) is 0 Å². The number of aryl methyl sites for hydroxylation is 3. The third kappa shape index (κ3) is 2.81. The van der Waals surface area contributed by atoms with Crippen LogP contribution < -0.4 is 9.30 Å². The summed E-state index contributed by atoms with van der Waals surface area (Å²) < 4.78 is 9.09. The van der Waals surface area contributed by atoms with Gasteiger partial charge in [-0.3, -0.25) is 0 Å². The highest BCUT2D eigenvalue weighted by molar-refractivity contribution is 6.06. The first-order valence-electron chi connectivity index (χ1n) is 11.8.